The predicted molar refractivity (Wildman–Crippen MR) is 80.5 cm³/mol. The molecule has 0 aliphatic heterocycles. The van der Waals surface area contributed by atoms with E-state index in [0.717, 1.165) is 31.7 Å². The first-order valence-corrected chi connectivity index (χ1v) is 7.52. The molecular formula is C16H23FN2O2. The van der Waals surface area contributed by atoms with Gasteiger partial charge in [-0.15, -0.1) is 0 Å². The average molecular weight is 294 g/mol. The molecule has 0 bridgehead atoms. The van der Waals surface area contributed by atoms with Gasteiger partial charge in [-0.2, -0.15) is 0 Å². The van der Waals surface area contributed by atoms with E-state index in [1.165, 1.54) is 12.1 Å². The van der Waals surface area contributed by atoms with Crippen LogP contribution in [0.2, 0.25) is 0 Å². The molecule has 1 aliphatic rings. The Morgan fingerprint density at radius 1 is 1.38 bits per heavy atom. The van der Waals surface area contributed by atoms with Gasteiger partial charge in [-0.05, 0) is 55.6 Å². The molecule has 0 unspecified atom stereocenters. The summed E-state index contributed by atoms with van der Waals surface area (Å²) < 4.78 is 13.5. The van der Waals surface area contributed by atoms with Crippen LogP contribution in [-0.2, 0) is 6.42 Å². The zero-order valence-corrected chi connectivity index (χ0v) is 12.6. The summed E-state index contributed by atoms with van der Waals surface area (Å²) in [6.07, 6.45) is 4.42. The van der Waals surface area contributed by atoms with Gasteiger partial charge in [0.15, 0.2) is 0 Å². The number of nitro groups is 1. The van der Waals surface area contributed by atoms with Crippen molar-refractivity contribution in [1.29, 1.82) is 0 Å². The van der Waals surface area contributed by atoms with Crippen LogP contribution in [0.3, 0.4) is 0 Å². The minimum absolute atomic E-state index is 0.204. The molecule has 1 saturated carbocycles. The Hall–Kier alpha value is -1.49. The fraction of sp³-hybridized carbons (Fsp3) is 0.625. The molecule has 0 aromatic heterocycles. The van der Waals surface area contributed by atoms with Gasteiger partial charge in [0, 0.05) is 11.6 Å². The van der Waals surface area contributed by atoms with Crippen molar-refractivity contribution >= 4 is 5.69 Å². The molecule has 5 heteroatoms. The second kappa shape index (κ2) is 6.10. The highest BCUT2D eigenvalue weighted by atomic mass is 19.1. The van der Waals surface area contributed by atoms with Gasteiger partial charge < -0.3 is 5.73 Å². The van der Waals surface area contributed by atoms with E-state index in [2.05, 4.69) is 13.8 Å². The predicted octanol–water partition coefficient (Wildman–Crippen LogP) is 3.82. The molecule has 0 saturated heterocycles. The Morgan fingerprint density at radius 3 is 2.52 bits per heavy atom. The molecule has 1 aliphatic carbocycles. The standard InChI is InChI=1S/C16H23FN2O2/c1-11(2)13-3-5-16(18,6-4-13)10-12-7-14(17)9-15(8-12)19(20)21/h7-9,11,13H,3-6,10,18H2,1-2H3. The normalized spacial score (nSPS) is 26.0. The molecule has 0 atom stereocenters. The van der Waals surface area contributed by atoms with Gasteiger partial charge in [0.1, 0.15) is 5.82 Å². The van der Waals surface area contributed by atoms with Crippen molar-refractivity contribution in [3.8, 4) is 0 Å². The molecule has 1 aromatic rings. The Bertz CT molecular complexity index is 523. The zero-order chi connectivity index (χ0) is 15.6. The van der Waals surface area contributed by atoms with Crippen LogP contribution < -0.4 is 5.73 Å². The van der Waals surface area contributed by atoms with Crippen LogP contribution in [0.4, 0.5) is 10.1 Å². The van der Waals surface area contributed by atoms with Crippen LogP contribution in [0.5, 0.6) is 0 Å². The second-order valence-electron chi connectivity index (χ2n) is 6.70. The van der Waals surface area contributed by atoms with Gasteiger partial charge in [-0.3, -0.25) is 10.1 Å². The van der Waals surface area contributed by atoms with Gasteiger partial charge in [0.25, 0.3) is 5.69 Å². The summed E-state index contributed by atoms with van der Waals surface area (Å²) in [6.45, 7) is 4.45. The number of nitrogens with zero attached hydrogens (tertiary/aromatic N) is 1. The number of nitrogens with two attached hydrogens (primary N) is 1. The smallest absolute Gasteiger partial charge is 0.272 e. The van der Waals surface area contributed by atoms with Gasteiger partial charge in [0.05, 0.1) is 11.0 Å². The number of rotatable bonds is 4. The Morgan fingerprint density at radius 2 is 2.00 bits per heavy atom. The number of halogens is 1. The highest BCUT2D eigenvalue weighted by molar-refractivity contribution is 5.36. The van der Waals surface area contributed by atoms with E-state index >= 15 is 0 Å². The third-order valence-corrected chi connectivity index (χ3v) is 4.68. The maximum atomic E-state index is 13.5. The third kappa shape index (κ3) is 4.00. The van der Waals surface area contributed by atoms with Crippen molar-refractivity contribution in [3.05, 3.63) is 39.7 Å². The topological polar surface area (TPSA) is 69.2 Å². The Balaban J connectivity index is 2.09. The van der Waals surface area contributed by atoms with E-state index in [1.807, 2.05) is 0 Å². The molecule has 116 valence electrons. The number of hydrogen-bond donors (Lipinski definition) is 1. The summed E-state index contributed by atoms with van der Waals surface area (Å²) in [5, 5.41) is 10.8. The van der Waals surface area contributed by atoms with Crippen LogP contribution in [0.1, 0.15) is 45.1 Å². The number of nitro benzene ring substituents is 1. The first kappa shape index (κ1) is 15.9. The van der Waals surface area contributed by atoms with Crippen LogP contribution in [-0.4, -0.2) is 10.5 Å². The van der Waals surface area contributed by atoms with Crippen molar-refractivity contribution < 1.29 is 9.31 Å². The highest BCUT2D eigenvalue weighted by Gasteiger charge is 2.33. The average Bonchev–Trinajstić information content (AvgIpc) is 2.37. The third-order valence-electron chi connectivity index (χ3n) is 4.68. The monoisotopic (exact) mass is 294 g/mol. The summed E-state index contributed by atoms with van der Waals surface area (Å²) in [5.41, 5.74) is 6.48. The number of hydrogen-bond acceptors (Lipinski definition) is 3. The SMILES string of the molecule is CC(C)C1CCC(N)(Cc2cc(F)cc([N+](=O)[O-])c2)CC1. The van der Waals surface area contributed by atoms with Crippen molar-refractivity contribution in [2.45, 2.75) is 51.5 Å². The largest absolute Gasteiger partial charge is 0.325 e. The first-order chi connectivity index (χ1) is 9.79. The Labute approximate surface area is 124 Å². The number of benzene rings is 1. The lowest BCUT2D eigenvalue weighted by atomic mass is 9.71. The maximum Gasteiger partial charge on any atom is 0.272 e. The molecule has 2 N–H and O–H groups in total. The number of non-ortho nitro benzene ring substituents is 1. The van der Waals surface area contributed by atoms with E-state index in [4.69, 9.17) is 5.73 Å². The highest BCUT2D eigenvalue weighted by Crippen LogP contribution is 2.36. The van der Waals surface area contributed by atoms with Crippen LogP contribution in [0.15, 0.2) is 18.2 Å². The molecule has 0 radical (unpaired) electrons. The summed E-state index contributed by atoms with van der Waals surface area (Å²) in [7, 11) is 0. The molecule has 4 nitrogen and oxygen atoms in total. The van der Waals surface area contributed by atoms with Gasteiger partial charge >= 0.3 is 0 Å². The lowest BCUT2D eigenvalue weighted by Crippen LogP contribution is -2.45. The van der Waals surface area contributed by atoms with Crippen molar-refractivity contribution in [2.75, 3.05) is 0 Å². The molecule has 1 fully saturated rings. The second-order valence-corrected chi connectivity index (χ2v) is 6.70. The lowest BCUT2D eigenvalue weighted by Gasteiger charge is -2.38. The Kier molecular flexibility index (Phi) is 4.61. The molecule has 1 aromatic carbocycles. The van der Waals surface area contributed by atoms with E-state index in [9.17, 15) is 14.5 Å². The quantitative estimate of drug-likeness (QED) is 0.678. The van der Waals surface area contributed by atoms with Crippen molar-refractivity contribution in [3.63, 3.8) is 0 Å². The van der Waals surface area contributed by atoms with Gasteiger partial charge in [-0.1, -0.05) is 13.8 Å². The van der Waals surface area contributed by atoms with Gasteiger partial charge in [0.2, 0.25) is 0 Å². The fourth-order valence-corrected chi connectivity index (χ4v) is 3.31. The van der Waals surface area contributed by atoms with Crippen LogP contribution in [0, 0.1) is 27.8 Å². The van der Waals surface area contributed by atoms with Crippen molar-refractivity contribution in [2.24, 2.45) is 17.6 Å². The van der Waals surface area contributed by atoms with Crippen LogP contribution >= 0.6 is 0 Å². The van der Waals surface area contributed by atoms with E-state index in [-0.39, 0.29) is 11.2 Å². The lowest BCUT2D eigenvalue weighted by molar-refractivity contribution is -0.385. The molecule has 0 amide bonds. The molecule has 21 heavy (non-hydrogen) atoms. The zero-order valence-electron chi connectivity index (χ0n) is 12.6. The van der Waals surface area contributed by atoms with Crippen molar-refractivity contribution in [1.82, 2.24) is 0 Å². The minimum Gasteiger partial charge on any atom is -0.325 e. The maximum absolute atomic E-state index is 13.5. The fourth-order valence-electron chi connectivity index (χ4n) is 3.31. The van der Waals surface area contributed by atoms with Gasteiger partial charge in [-0.25, -0.2) is 4.39 Å². The van der Waals surface area contributed by atoms with Crippen LogP contribution in [0.25, 0.3) is 0 Å². The molecule has 2 rings (SSSR count). The molecular weight excluding hydrogens is 271 g/mol. The molecule has 0 spiro atoms. The van der Waals surface area contributed by atoms with E-state index in [0.29, 0.717) is 23.8 Å². The summed E-state index contributed by atoms with van der Waals surface area (Å²) in [4.78, 5) is 10.2. The first-order valence-electron chi connectivity index (χ1n) is 7.52. The summed E-state index contributed by atoms with van der Waals surface area (Å²) in [6, 6.07) is 3.74. The molecule has 0 heterocycles. The van der Waals surface area contributed by atoms with E-state index < -0.39 is 10.7 Å². The summed E-state index contributed by atoms with van der Waals surface area (Å²) in [5.74, 6) is 0.784. The van der Waals surface area contributed by atoms with E-state index in [1.54, 1.807) is 0 Å². The minimum atomic E-state index is -0.571. The summed E-state index contributed by atoms with van der Waals surface area (Å²) >= 11 is 0.